The van der Waals surface area contributed by atoms with Crippen molar-refractivity contribution < 1.29 is 18.3 Å². The van der Waals surface area contributed by atoms with Gasteiger partial charge < -0.3 is 15.7 Å². The van der Waals surface area contributed by atoms with E-state index in [1.165, 1.54) is 0 Å². The summed E-state index contributed by atoms with van der Waals surface area (Å²) < 4.78 is 22.1. The summed E-state index contributed by atoms with van der Waals surface area (Å²) in [6.07, 6.45) is 3.20. The number of hydrogen-bond acceptors (Lipinski definition) is 5. The van der Waals surface area contributed by atoms with Crippen molar-refractivity contribution in [2.75, 3.05) is 25.1 Å². The highest BCUT2D eigenvalue weighted by Gasteiger charge is 2.29. The van der Waals surface area contributed by atoms with Crippen molar-refractivity contribution in [1.29, 1.82) is 0 Å². The summed E-state index contributed by atoms with van der Waals surface area (Å²) in [6.45, 7) is 2.81. The summed E-state index contributed by atoms with van der Waals surface area (Å²) in [5, 5.41) is 9.95. The standard InChI is InChI=1S/C12H24N2O4S/c1-12(16)5-3-7-14(8-6-12)11(15)10(13)4-9-19(2,17)18/h10,16H,3-9,13H2,1-2H3. The minimum Gasteiger partial charge on any atom is -0.390 e. The van der Waals surface area contributed by atoms with Crippen molar-refractivity contribution in [2.45, 2.75) is 44.2 Å². The van der Waals surface area contributed by atoms with E-state index in [0.29, 0.717) is 25.9 Å². The molecule has 2 unspecified atom stereocenters. The fraction of sp³-hybridized carbons (Fsp3) is 0.917. The number of likely N-dealkylation sites (tertiary alicyclic amines) is 1. The van der Waals surface area contributed by atoms with E-state index in [9.17, 15) is 18.3 Å². The summed E-state index contributed by atoms with van der Waals surface area (Å²) in [4.78, 5) is 13.7. The Labute approximate surface area is 114 Å². The Morgan fingerprint density at radius 2 is 2.05 bits per heavy atom. The molecular weight excluding hydrogens is 268 g/mol. The van der Waals surface area contributed by atoms with Crippen LogP contribution in [0.15, 0.2) is 0 Å². The van der Waals surface area contributed by atoms with Crippen LogP contribution in [0.3, 0.4) is 0 Å². The molecular formula is C12H24N2O4S. The molecule has 1 rings (SSSR count). The Bertz CT molecular complexity index is 419. The van der Waals surface area contributed by atoms with Gasteiger partial charge in [0.05, 0.1) is 17.4 Å². The monoisotopic (exact) mass is 292 g/mol. The Morgan fingerprint density at radius 1 is 1.42 bits per heavy atom. The average molecular weight is 292 g/mol. The van der Waals surface area contributed by atoms with E-state index >= 15 is 0 Å². The predicted octanol–water partition coefficient (Wildman–Crippen LogP) is -0.488. The number of sulfone groups is 1. The summed E-state index contributed by atoms with van der Waals surface area (Å²) >= 11 is 0. The number of aliphatic hydroxyl groups is 1. The van der Waals surface area contributed by atoms with E-state index in [1.807, 2.05) is 0 Å². The first-order valence-electron chi connectivity index (χ1n) is 6.55. The van der Waals surface area contributed by atoms with E-state index < -0.39 is 21.5 Å². The lowest BCUT2D eigenvalue weighted by Crippen LogP contribution is -2.45. The molecule has 0 radical (unpaired) electrons. The van der Waals surface area contributed by atoms with Gasteiger partial charge in [0.1, 0.15) is 9.84 Å². The third kappa shape index (κ3) is 5.88. The van der Waals surface area contributed by atoms with E-state index in [-0.39, 0.29) is 18.1 Å². The lowest BCUT2D eigenvalue weighted by molar-refractivity contribution is -0.132. The molecule has 0 aromatic carbocycles. The maximum Gasteiger partial charge on any atom is 0.239 e. The maximum atomic E-state index is 12.1. The normalized spacial score (nSPS) is 26.8. The quantitative estimate of drug-likeness (QED) is 0.728. The topological polar surface area (TPSA) is 101 Å². The summed E-state index contributed by atoms with van der Waals surface area (Å²) in [5.41, 5.74) is 5.03. The van der Waals surface area contributed by atoms with Crippen molar-refractivity contribution in [1.82, 2.24) is 4.90 Å². The molecule has 3 N–H and O–H groups in total. The van der Waals surface area contributed by atoms with Crippen molar-refractivity contribution in [3.63, 3.8) is 0 Å². The number of rotatable bonds is 4. The SMILES string of the molecule is CC1(O)CCCN(C(=O)C(N)CCS(C)(=O)=O)CC1. The van der Waals surface area contributed by atoms with Crippen molar-refractivity contribution in [3.05, 3.63) is 0 Å². The van der Waals surface area contributed by atoms with Crippen molar-refractivity contribution in [3.8, 4) is 0 Å². The van der Waals surface area contributed by atoms with Gasteiger partial charge in [-0.1, -0.05) is 0 Å². The number of carbonyl (C=O) groups excluding carboxylic acids is 1. The third-order valence-electron chi connectivity index (χ3n) is 3.49. The maximum absolute atomic E-state index is 12.1. The largest absolute Gasteiger partial charge is 0.390 e. The van der Waals surface area contributed by atoms with Crippen LogP contribution in [0.5, 0.6) is 0 Å². The first-order chi connectivity index (χ1) is 8.61. The smallest absolute Gasteiger partial charge is 0.239 e. The second-order valence-corrected chi connectivity index (χ2v) is 7.96. The van der Waals surface area contributed by atoms with Gasteiger partial charge in [-0.3, -0.25) is 4.79 Å². The Morgan fingerprint density at radius 3 is 2.63 bits per heavy atom. The molecule has 0 bridgehead atoms. The number of amides is 1. The third-order valence-corrected chi connectivity index (χ3v) is 4.47. The molecule has 1 amide bonds. The molecule has 0 aromatic rings. The van der Waals surface area contributed by atoms with Gasteiger partial charge in [0.25, 0.3) is 0 Å². The van der Waals surface area contributed by atoms with Gasteiger partial charge in [0, 0.05) is 19.3 Å². The van der Waals surface area contributed by atoms with E-state index in [2.05, 4.69) is 0 Å². The molecule has 1 aliphatic rings. The lowest BCUT2D eigenvalue weighted by atomic mass is 9.98. The fourth-order valence-corrected chi connectivity index (χ4v) is 2.86. The molecule has 0 aromatic heterocycles. The Hall–Kier alpha value is -0.660. The molecule has 1 fully saturated rings. The molecule has 19 heavy (non-hydrogen) atoms. The minimum atomic E-state index is -3.10. The molecule has 0 saturated carbocycles. The van der Waals surface area contributed by atoms with Crippen LogP contribution in [-0.2, 0) is 14.6 Å². The second-order valence-electron chi connectivity index (χ2n) is 5.70. The molecule has 112 valence electrons. The zero-order chi connectivity index (χ0) is 14.7. The average Bonchev–Trinajstić information content (AvgIpc) is 2.45. The Kier molecular flexibility index (Phi) is 5.34. The van der Waals surface area contributed by atoms with Crippen LogP contribution in [0.1, 0.15) is 32.6 Å². The molecule has 7 heteroatoms. The first kappa shape index (κ1) is 16.4. The van der Waals surface area contributed by atoms with Gasteiger partial charge in [0.2, 0.25) is 5.91 Å². The highest BCUT2D eigenvalue weighted by Crippen LogP contribution is 2.21. The van der Waals surface area contributed by atoms with Gasteiger partial charge >= 0.3 is 0 Å². The lowest BCUT2D eigenvalue weighted by Gasteiger charge is -2.25. The molecule has 6 nitrogen and oxygen atoms in total. The van der Waals surface area contributed by atoms with Crippen LogP contribution >= 0.6 is 0 Å². The first-order valence-corrected chi connectivity index (χ1v) is 8.61. The van der Waals surface area contributed by atoms with E-state index in [0.717, 1.165) is 12.7 Å². The van der Waals surface area contributed by atoms with Gasteiger partial charge in [-0.25, -0.2) is 8.42 Å². The van der Waals surface area contributed by atoms with E-state index in [4.69, 9.17) is 5.73 Å². The van der Waals surface area contributed by atoms with E-state index in [1.54, 1.807) is 11.8 Å². The molecule has 1 saturated heterocycles. The summed E-state index contributed by atoms with van der Waals surface area (Å²) in [6, 6.07) is -0.780. The number of carbonyl (C=O) groups is 1. The van der Waals surface area contributed by atoms with Gasteiger partial charge in [-0.05, 0) is 32.6 Å². The van der Waals surface area contributed by atoms with Gasteiger partial charge in [0.15, 0.2) is 0 Å². The van der Waals surface area contributed by atoms with Crippen LogP contribution in [0.4, 0.5) is 0 Å². The minimum absolute atomic E-state index is 0.0779. The molecule has 1 heterocycles. The number of hydrogen-bond donors (Lipinski definition) is 2. The fourth-order valence-electron chi connectivity index (χ4n) is 2.18. The van der Waals surface area contributed by atoms with Crippen molar-refractivity contribution in [2.24, 2.45) is 5.73 Å². The van der Waals surface area contributed by atoms with Crippen LogP contribution in [-0.4, -0.2) is 61.1 Å². The van der Waals surface area contributed by atoms with Gasteiger partial charge in [-0.15, -0.1) is 0 Å². The summed E-state index contributed by atoms with van der Waals surface area (Å²) in [7, 11) is -3.10. The predicted molar refractivity (Wildman–Crippen MR) is 73.4 cm³/mol. The van der Waals surface area contributed by atoms with Crippen molar-refractivity contribution >= 4 is 15.7 Å². The van der Waals surface area contributed by atoms with Crippen LogP contribution in [0, 0.1) is 0 Å². The van der Waals surface area contributed by atoms with Crippen LogP contribution in [0.25, 0.3) is 0 Å². The molecule has 0 aliphatic carbocycles. The highest BCUT2D eigenvalue weighted by atomic mass is 32.2. The number of nitrogens with two attached hydrogens (primary N) is 1. The highest BCUT2D eigenvalue weighted by molar-refractivity contribution is 7.90. The van der Waals surface area contributed by atoms with Crippen LogP contribution < -0.4 is 5.73 Å². The molecule has 1 aliphatic heterocycles. The zero-order valence-corrected chi connectivity index (χ0v) is 12.4. The zero-order valence-electron chi connectivity index (χ0n) is 11.6. The number of nitrogens with zero attached hydrogens (tertiary/aromatic N) is 1. The Balaban J connectivity index is 2.52. The summed E-state index contributed by atoms with van der Waals surface area (Å²) in [5.74, 6) is -0.299. The second kappa shape index (κ2) is 6.19. The molecule has 0 spiro atoms. The molecule has 2 atom stereocenters. The van der Waals surface area contributed by atoms with Gasteiger partial charge in [-0.2, -0.15) is 0 Å². The van der Waals surface area contributed by atoms with Crippen LogP contribution in [0.2, 0.25) is 0 Å².